The molecule has 0 aliphatic carbocycles. The molecule has 3 aromatic carbocycles. The van der Waals surface area contributed by atoms with Crippen LogP contribution in [0.3, 0.4) is 0 Å². The van der Waals surface area contributed by atoms with E-state index in [1.807, 2.05) is 79.7 Å². The molecule has 0 aromatic heterocycles. The summed E-state index contributed by atoms with van der Waals surface area (Å²) in [5.74, 6) is -0.209. The average Bonchev–Trinajstić information content (AvgIpc) is 2.69. The Balaban J connectivity index is 1.94. The summed E-state index contributed by atoms with van der Waals surface area (Å²) in [6, 6.07) is 26.2. The number of hydrogen-bond donors (Lipinski definition) is 1. The van der Waals surface area contributed by atoms with Crippen molar-refractivity contribution in [2.75, 3.05) is 5.32 Å². The molecule has 0 saturated heterocycles. The Labute approximate surface area is 158 Å². The van der Waals surface area contributed by atoms with Gasteiger partial charge in [-0.15, -0.1) is 0 Å². The Morgan fingerprint density at radius 3 is 2.04 bits per heavy atom. The molecule has 0 radical (unpaired) electrons. The van der Waals surface area contributed by atoms with Crippen molar-refractivity contribution in [3.8, 4) is 0 Å². The highest BCUT2D eigenvalue weighted by Gasteiger charge is 2.19. The second kappa shape index (κ2) is 8.32. The van der Waals surface area contributed by atoms with Crippen molar-refractivity contribution < 1.29 is 4.79 Å². The first kappa shape index (κ1) is 17.7. The van der Waals surface area contributed by atoms with Gasteiger partial charge in [0.25, 0.3) is 0 Å². The van der Waals surface area contributed by atoms with Gasteiger partial charge in [-0.05, 0) is 31.2 Å². The zero-order valence-corrected chi connectivity index (χ0v) is 15.2. The van der Waals surface area contributed by atoms with E-state index in [1.165, 1.54) is 0 Å². The predicted octanol–water partition coefficient (Wildman–Crippen LogP) is 5.39. The van der Waals surface area contributed by atoms with Gasteiger partial charge >= 0.3 is 0 Å². The quantitative estimate of drug-likeness (QED) is 0.378. The first-order chi connectivity index (χ1) is 12.6. The van der Waals surface area contributed by atoms with Gasteiger partial charge in [0.15, 0.2) is 0 Å². The van der Waals surface area contributed by atoms with E-state index in [0.717, 1.165) is 11.3 Å². The Kier molecular flexibility index (Phi) is 5.66. The van der Waals surface area contributed by atoms with Gasteiger partial charge in [-0.2, -0.15) is 0 Å². The molecule has 1 N–H and O–H groups in total. The highest BCUT2D eigenvalue weighted by molar-refractivity contribution is 7.82. The van der Waals surface area contributed by atoms with E-state index in [-0.39, 0.29) is 11.5 Å². The van der Waals surface area contributed by atoms with Gasteiger partial charge < -0.3 is 5.32 Å². The van der Waals surface area contributed by atoms with E-state index >= 15 is 0 Å². The third-order valence-corrected chi connectivity index (χ3v) is 4.07. The number of rotatable bonds is 5. The predicted molar refractivity (Wildman–Crippen MR) is 112 cm³/mol. The zero-order chi connectivity index (χ0) is 18.4. The van der Waals surface area contributed by atoms with Crippen LogP contribution in [0.25, 0.3) is 0 Å². The van der Waals surface area contributed by atoms with Crippen LogP contribution in [-0.2, 0) is 0 Å². The number of ketones is 1. The molecule has 0 spiro atoms. The summed E-state index contributed by atoms with van der Waals surface area (Å²) in [6.07, 6.45) is 0. The lowest BCUT2D eigenvalue weighted by molar-refractivity contribution is 0.106. The van der Waals surface area contributed by atoms with Crippen LogP contribution in [0.1, 0.15) is 15.9 Å². The number of nitrogens with one attached hydrogen (secondary N) is 1. The minimum absolute atomic E-state index is 0.209. The van der Waals surface area contributed by atoms with Crippen molar-refractivity contribution in [2.45, 2.75) is 6.92 Å². The van der Waals surface area contributed by atoms with Crippen molar-refractivity contribution in [3.63, 3.8) is 0 Å². The maximum absolute atomic E-state index is 13.0. The molecule has 0 saturated carbocycles. The van der Waals surface area contributed by atoms with Crippen molar-refractivity contribution in [3.05, 3.63) is 96.1 Å². The lowest BCUT2D eigenvalue weighted by Gasteiger charge is -2.11. The first-order valence-corrected chi connectivity index (χ1v) is 8.66. The van der Waals surface area contributed by atoms with Gasteiger partial charge in [-0.25, -0.2) is 4.99 Å². The summed E-state index contributed by atoms with van der Waals surface area (Å²) < 4.78 is 0. The number of nitrogens with zero attached hydrogens (tertiary/aromatic N) is 1. The molecule has 0 amide bonds. The highest BCUT2D eigenvalue weighted by atomic mass is 32.1. The number of carbonyl (C=O) groups is 1. The molecular weight excluding hydrogens is 340 g/mol. The zero-order valence-electron chi connectivity index (χ0n) is 14.3. The number of benzene rings is 3. The third kappa shape index (κ3) is 4.49. The third-order valence-electron chi connectivity index (χ3n) is 3.77. The standard InChI is InChI=1S/C22H18N2OS/c1-16-12-14-19(15-13-16)24-22(26)20(23-18-10-6-3-7-11-18)21(25)17-8-4-2-5-9-17/h2-15H,1H3,(H,24,26). The average molecular weight is 358 g/mol. The van der Waals surface area contributed by atoms with Crippen LogP contribution in [0.15, 0.2) is 89.9 Å². The molecule has 3 aromatic rings. The van der Waals surface area contributed by atoms with Crippen LogP contribution in [0, 0.1) is 6.92 Å². The van der Waals surface area contributed by atoms with E-state index in [2.05, 4.69) is 10.3 Å². The van der Waals surface area contributed by atoms with Crippen LogP contribution in [-0.4, -0.2) is 16.5 Å². The van der Waals surface area contributed by atoms with Crippen molar-refractivity contribution >= 4 is 40.1 Å². The number of aryl methyl sites for hydroxylation is 1. The molecule has 0 heterocycles. The Morgan fingerprint density at radius 1 is 0.846 bits per heavy atom. The molecule has 26 heavy (non-hydrogen) atoms. The van der Waals surface area contributed by atoms with E-state index in [4.69, 9.17) is 12.2 Å². The van der Waals surface area contributed by atoms with Crippen LogP contribution in [0.5, 0.6) is 0 Å². The lowest BCUT2D eigenvalue weighted by Crippen LogP contribution is -2.28. The molecule has 0 fully saturated rings. The first-order valence-electron chi connectivity index (χ1n) is 8.25. The number of aliphatic imine (C=N–C) groups is 1. The van der Waals surface area contributed by atoms with E-state index in [1.54, 1.807) is 12.1 Å². The molecule has 3 rings (SSSR count). The molecule has 0 aliphatic rings. The fourth-order valence-corrected chi connectivity index (χ4v) is 2.65. The van der Waals surface area contributed by atoms with Crippen molar-refractivity contribution in [2.24, 2.45) is 4.99 Å². The number of Topliss-reactive ketones (excluding diaryl/α,β-unsaturated/α-hetero) is 1. The fourth-order valence-electron chi connectivity index (χ4n) is 2.39. The number of anilines is 1. The monoisotopic (exact) mass is 358 g/mol. The summed E-state index contributed by atoms with van der Waals surface area (Å²) in [6.45, 7) is 2.02. The molecule has 3 nitrogen and oxygen atoms in total. The van der Waals surface area contributed by atoms with E-state index < -0.39 is 0 Å². The Morgan fingerprint density at radius 2 is 1.42 bits per heavy atom. The number of thiocarbonyl (C=S) groups is 1. The highest BCUT2D eigenvalue weighted by Crippen LogP contribution is 2.15. The van der Waals surface area contributed by atoms with Crippen molar-refractivity contribution in [1.29, 1.82) is 0 Å². The van der Waals surface area contributed by atoms with Gasteiger partial charge in [0.05, 0.1) is 5.69 Å². The molecule has 128 valence electrons. The largest absolute Gasteiger partial charge is 0.345 e. The minimum Gasteiger partial charge on any atom is -0.345 e. The van der Waals surface area contributed by atoms with Crippen LogP contribution in [0.2, 0.25) is 0 Å². The normalized spacial score (nSPS) is 11.0. The SMILES string of the molecule is Cc1ccc(NC(=S)C(=Nc2ccccc2)C(=O)c2ccccc2)cc1. The summed E-state index contributed by atoms with van der Waals surface area (Å²) in [7, 11) is 0. The van der Waals surface area contributed by atoms with Gasteiger partial charge in [0.2, 0.25) is 5.78 Å². The summed E-state index contributed by atoms with van der Waals surface area (Å²) in [5.41, 5.74) is 3.43. The number of carbonyl (C=O) groups excluding carboxylic acids is 1. The number of hydrogen-bond acceptors (Lipinski definition) is 3. The lowest BCUT2D eigenvalue weighted by atomic mass is 10.1. The summed E-state index contributed by atoms with van der Waals surface area (Å²) in [4.78, 5) is 17.8. The van der Waals surface area contributed by atoms with Crippen molar-refractivity contribution in [1.82, 2.24) is 0 Å². The fraction of sp³-hybridized carbons (Fsp3) is 0.0455. The molecule has 0 bridgehead atoms. The molecule has 4 heteroatoms. The summed E-state index contributed by atoms with van der Waals surface area (Å²) >= 11 is 5.50. The smallest absolute Gasteiger partial charge is 0.214 e. The second-order valence-electron chi connectivity index (χ2n) is 5.81. The Bertz CT molecular complexity index is 933. The van der Waals surface area contributed by atoms with Gasteiger partial charge in [0.1, 0.15) is 10.7 Å². The molecule has 0 unspecified atom stereocenters. The van der Waals surface area contributed by atoms with Gasteiger partial charge in [-0.3, -0.25) is 4.79 Å². The van der Waals surface area contributed by atoms with Gasteiger partial charge in [0, 0.05) is 11.3 Å². The van der Waals surface area contributed by atoms with Crippen LogP contribution >= 0.6 is 12.2 Å². The topological polar surface area (TPSA) is 41.5 Å². The van der Waals surface area contributed by atoms with Gasteiger partial charge in [-0.1, -0.05) is 78.4 Å². The van der Waals surface area contributed by atoms with Crippen LogP contribution in [0.4, 0.5) is 11.4 Å². The Hall–Kier alpha value is -3.11. The molecule has 0 atom stereocenters. The summed E-state index contributed by atoms with van der Waals surface area (Å²) in [5, 5.41) is 3.12. The minimum atomic E-state index is -0.209. The number of para-hydroxylation sites is 1. The van der Waals surface area contributed by atoms with Crippen LogP contribution < -0.4 is 5.32 Å². The second-order valence-corrected chi connectivity index (χ2v) is 6.22. The molecule has 0 aliphatic heterocycles. The van der Waals surface area contributed by atoms with E-state index in [0.29, 0.717) is 16.2 Å². The van der Waals surface area contributed by atoms with E-state index in [9.17, 15) is 4.79 Å². The molecular formula is C22H18N2OS. The maximum atomic E-state index is 13.0. The maximum Gasteiger partial charge on any atom is 0.214 e.